The standard InChI is InChI=1S/C35H33N3O7/c1-42-26-16-23-19-36-34(40)28-14-20-7-10-24(11-8-20)45-25-6-4-5-21(13-25)15-31(39)38-33(35(41)37-28)22-9-12-29(43-2)27(17-22)32(23)30(18-26)44-3/h4-13,16-18,28,33H,14-15,19H2,1-3H3,(H,36,40)(H,37,41)(H,38,39)/t28-,33+/m0/s1. The molecule has 0 saturated carbocycles. The Morgan fingerprint density at radius 2 is 1.53 bits per heavy atom. The lowest BCUT2D eigenvalue weighted by Gasteiger charge is -2.26. The van der Waals surface area contributed by atoms with Crippen molar-refractivity contribution in [1.82, 2.24) is 16.0 Å². The lowest BCUT2D eigenvalue weighted by Crippen LogP contribution is -2.51. The summed E-state index contributed by atoms with van der Waals surface area (Å²) in [5.41, 5.74) is 4.02. The van der Waals surface area contributed by atoms with Crippen molar-refractivity contribution in [3.8, 4) is 39.9 Å². The van der Waals surface area contributed by atoms with Gasteiger partial charge in [0, 0.05) is 30.2 Å². The smallest absolute Gasteiger partial charge is 0.247 e. The van der Waals surface area contributed by atoms with Crippen LogP contribution in [-0.4, -0.2) is 45.1 Å². The van der Waals surface area contributed by atoms with Gasteiger partial charge in [-0.3, -0.25) is 14.4 Å². The number of amides is 3. The van der Waals surface area contributed by atoms with Crippen LogP contribution in [0.15, 0.2) is 78.9 Å². The summed E-state index contributed by atoms with van der Waals surface area (Å²) in [5.74, 6) is 1.44. The van der Waals surface area contributed by atoms with Crippen LogP contribution >= 0.6 is 0 Å². The van der Waals surface area contributed by atoms with Crippen molar-refractivity contribution in [3.63, 3.8) is 0 Å². The fourth-order valence-corrected chi connectivity index (χ4v) is 5.72. The summed E-state index contributed by atoms with van der Waals surface area (Å²) in [6.07, 6.45) is 0.208. The van der Waals surface area contributed by atoms with Gasteiger partial charge in [0.05, 0.1) is 27.8 Å². The Kier molecular flexibility index (Phi) is 8.28. The van der Waals surface area contributed by atoms with Gasteiger partial charge in [0.25, 0.3) is 0 Å². The second-order valence-electron chi connectivity index (χ2n) is 10.9. The minimum Gasteiger partial charge on any atom is -0.497 e. The van der Waals surface area contributed by atoms with Crippen LogP contribution in [0.25, 0.3) is 11.1 Å². The van der Waals surface area contributed by atoms with Gasteiger partial charge in [-0.2, -0.15) is 0 Å². The third-order valence-electron chi connectivity index (χ3n) is 7.95. The summed E-state index contributed by atoms with van der Waals surface area (Å²) >= 11 is 0. The maximum atomic E-state index is 14.0. The fourth-order valence-electron chi connectivity index (χ4n) is 5.72. The molecule has 0 spiro atoms. The van der Waals surface area contributed by atoms with E-state index >= 15 is 0 Å². The molecule has 230 valence electrons. The third kappa shape index (κ3) is 6.26. The predicted octanol–water partition coefficient (Wildman–Crippen LogP) is 4.24. The van der Waals surface area contributed by atoms with Crippen molar-refractivity contribution >= 4 is 17.7 Å². The van der Waals surface area contributed by atoms with Crippen molar-refractivity contribution in [2.24, 2.45) is 0 Å². The first-order valence-electron chi connectivity index (χ1n) is 14.5. The number of nitrogens with one attached hydrogen (secondary N) is 3. The van der Waals surface area contributed by atoms with Crippen LogP contribution < -0.4 is 34.9 Å². The Balaban J connectivity index is 1.53. The molecule has 0 aliphatic carbocycles. The number of fused-ring (bicyclic) bond motifs is 8. The number of hydrogen-bond donors (Lipinski definition) is 3. The quantitative estimate of drug-likeness (QED) is 0.318. The van der Waals surface area contributed by atoms with Gasteiger partial charge in [0.15, 0.2) is 0 Å². The maximum Gasteiger partial charge on any atom is 0.247 e. The Bertz CT molecular complexity index is 1770. The van der Waals surface area contributed by atoms with Crippen LogP contribution in [0.2, 0.25) is 0 Å². The Morgan fingerprint density at radius 3 is 2.29 bits per heavy atom. The van der Waals surface area contributed by atoms with Gasteiger partial charge in [0.2, 0.25) is 17.7 Å². The highest BCUT2D eigenvalue weighted by Crippen LogP contribution is 2.43. The number of benzene rings is 4. The molecule has 4 aromatic rings. The zero-order valence-electron chi connectivity index (χ0n) is 25.1. The molecule has 0 saturated heterocycles. The zero-order valence-corrected chi connectivity index (χ0v) is 25.1. The molecule has 0 unspecified atom stereocenters. The monoisotopic (exact) mass is 607 g/mol. The second-order valence-corrected chi connectivity index (χ2v) is 10.9. The van der Waals surface area contributed by atoms with E-state index < -0.39 is 23.9 Å². The molecule has 3 aliphatic heterocycles. The van der Waals surface area contributed by atoms with E-state index in [1.807, 2.05) is 48.5 Å². The predicted molar refractivity (Wildman–Crippen MR) is 167 cm³/mol. The summed E-state index contributed by atoms with van der Waals surface area (Å²) < 4.78 is 23.1. The third-order valence-corrected chi connectivity index (χ3v) is 7.95. The van der Waals surface area contributed by atoms with E-state index in [4.69, 9.17) is 18.9 Å². The molecule has 3 aliphatic rings. The first-order valence-corrected chi connectivity index (χ1v) is 14.5. The van der Waals surface area contributed by atoms with Crippen LogP contribution in [0.4, 0.5) is 0 Å². The Hall–Kier alpha value is -5.51. The molecule has 7 rings (SSSR count). The number of rotatable bonds is 3. The molecule has 8 bridgehead atoms. The van der Waals surface area contributed by atoms with Crippen LogP contribution in [0.5, 0.6) is 28.7 Å². The van der Waals surface area contributed by atoms with Crippen molar-refractivity contribution < 1.29 is 33.3 Å². The van der Waals surface area contributed by atoms with E-state index in [9.17, 15) is 14.4 Å². The van der Waals surface area contributed by atoms with E-state index in [0.717, 1.165) is 5.56 Å². The van der Waals surface area contributed by atoms with Gasteiger partial charge in [0.1, 0.15) is 40.8 Å². The van der Waals surface area contributed by atoms with E-state index in [0.29, 0.717) is 56.6 Å². The van der Waals surface area contributed by atoms with Gasteiger partial charge in [-0.1, -0.05) is 30.3 Å². The number of carbonyl (C=O) groups excluding carboxylic acids is 3. The highest BCUT2D eigenvalue weighted by Gasteiger charge is 2.31. The largest absolute Gasteiger partial charge is 0.497 e. The summed E-state index contributed by atoms with van der Waals surface area (Å²) in [5, 5.41) is 8.81. The molecular weight excluding hydrogens is 574 g/mol. The Morgan fingerprint density at radius 1 is 0.733 bits per heavy atom. The molecule has 45 heavy (non-hydrogen) atoms. The average molecular weight is 608 g/mol. The lowest BCUT2D eigenvalue weighted by atomic mass is 9.92. The fraction of sp³-hybridized carbons (Fsp3) is 0.229. The van der Waals surface area contributed by atoms with E-state index in [1.165, 1.54) is 0 Å². The molecule has 0 radical (unpaired) electrons. The second kappa shape index (κ2) is 12.6. The molecule has 3 heterocycles. The van der Waals surface area contributed by atoms with Crippen LogP contribution in [0.1, 0.15) is 28.3 Å². The topological polar surface area (TPSA) is 124 Å². The normalized spacial score (nSPS) is 17.8. The maximum absolute atomic E-state index is 14.0. The van der Waals surface area contributed by atoms with Gasteiger partial charge in [-0.15, -0.1) is 0 Å². The summed E-state index contributed by atoms with van der Waals surface area (Å²) in [4.78, 5) is 41.3. The van der Waals surface area contributed by atoms with Gasteiger partial charge in [-0.05, 0) is 64.7 Å². The molecule has 2 atom stereocenters. The molecule has 0 aromatic heterocycles. The zero-order chi connectivity index (χ0) is 31.5. The first kappa shape index (κ1) is 29.6. The molecule has 3 N–H and O–H groups in total. The molecule has 10 heteroatoms. The van der Waals surface area contributed by atoms with Crippen molar-refractivity contribution in [2.75, 3.05) is 21.3 Å². The van der Waals surface area contributed by atoms with Crippen molar-refractivity contribution in [1.29, 1.82) is 0 Å². The van der Waals surface area contributed by atoms with Gasteiger partial charge >= 0.3 is 0 Å². The summed E-state index contributed by atoms with van der Waals surface area (Å²) in [7, 11) is 4.66. The van der Waals surface area contributed by atoms with Gasteiger partial charge in [-0.25, -0.2) is 0 Å². The molecular formula is C35H33N3O7. The van der Waals surface area contributed by atoms with Crippen LogP contribution in [0, 0.1) is 0 Å². The van der Waals surface area contributed by atoms with Gasteiger partial charge < -0.3 is 34.9 Å². The van der Waals surface area contributed by atoms with Crippen molar-refractivity contribution in [2.45, 2.75) is 31.5 Å². The minimum absolute atomic E-state index is 0.00327. The molecule has 10 nitrogen and oxygen atoms in total. The van der Waals surface area contributed by atoms with E-state index in [1.54, 1.807) is 51.7 Å². The van der Waals surface area contributed by atoms with Crippen LogP contribution in [-0.2, 0) is 33.8 Å². The average Bonchev–Trinajstić information content (AvgIpc) is 3.05. The van der Waals surface area contributed by atoms with E-state index in [-0.39, 0.29) is 25.3 Å². The van der Waals surface area contributed by atoms with E-state index in [2.05, 4.69) is 16.0 Å². The van der Waals surface area contributed by atoms with Crippen molar-refractivity contribution in [3.05, 3.63) is 101 Å². The van der Waals surface area contributed by atoms with Crippen LogP contribution in [0.3, 0.4) is 0 Å². The number of carbonyl (C=O) groups is 3. The number of hydrogen-bond acceptors (Lipinski definition) is 7. The first-order chi connectivity index (χ1) is 21.8. The SMILES string of the molecule is COc1cc2c(c(OC)c1)-c1cc(ccc1OC)[C@H]1NC(=O)Cc3cccc(c3)Oc3ccc(cc3)C[C@H](NC1=O)C(=O)NC2. The Labute approximate surface area is 260 Å². The summed E-state index contributed by atoms with van der Waals surface area (Å²) in [6, 6.07) is 21.4. The minimum atomic E-state index is -1.13. The molecule has 4 aromatic carbocycles. The number of ether oxygens (including phenoxy) is 4. The highest BCUT2D eigenvalue weighted by molar-refractivity contribution is 5.94. The number of methoxy groups -OCH3 is 3. The summed E-state index contributed by atoms with van der Waals surface area (Å²) in [6.45, 7) is 0.117. The lowest BCUT2D eigenvalue weighted by molar-refractivity contribution is -0.132. The highest BCUT2D eigenvalue weighted by atomic mass is 16.5. The molecule has 0 fully saturated rings. The molecule has 3 amide bonds.